The third-order valence-corrected chi connectivity index (χ3v) is 3.45. The summed E-state index contributed by atoms with van der Waals surface area (Å²) in [5, 5.41) is 7.65. The lowest BCUT2D eigenvalue weighted by Gasteiger charge is -2.14. The van der Waals surface area contributed by atoms with Crippen molar-refractivity contribution in [2.45, 2.75) is 52.5 Å². The number of anilines is 2. The van der Waals surface area contributed by atoms with Crippen LogP contribution >= 0.6 is 0 Å². The van der Waals surface area contributed by atoms with E-state index in [0.29, 0.717) is 17.2 Å². The highest BCUT2D eigenvalue weighted by molar-refractivity contribution is 5.99. The highest BCUT2D eigenvalue weighted by atomic mass is 16.5. The molecule has 0 spiro atoms. The Balaban J connectivity index is 3.13. The Labute approximate surface area is 120 Å². The Morgan fingerprint density at radius 1 is 1.40 bits per heavy atom. The Hall–Kier alpha value is -1.72. The minimum Gasteiger partial charge on any atom is -0.465 e. The van der Waals surface area contributed by atoms with Crippen LogP contribution in [0.3, 0.4) is 0 Å². The molecule has 0 aliphatic heterocycles. The van der Waals surface area contributed by atoms with E-state index in [-0.39, 0.29) is 6.04 Å². The van der Waals surface area contributed by atoms with Gasteiger partial charge in [-0.3, -0.25) is 0 Å². The number of nitrogens with two attached hydrogens (primary N) is 1. The summed E-state index contributed by atoms with van der Waals surface area (Å²) in [6, 6.07) is 0.195. The van der Waals surface area contributed by atoms with Crippen molar-refractivity contribution in [3.8, 4) is 0 Å². The molecule has 0 bridgehead atoms. The molecule has 0 aromatic carbocycles. The van der Waals surface area contributed by atoms with Crippen LogP contribution in [0.25, 0.3) is 0 Å². The molecule has 0 radical (unpaired) electrons. The van der Waals surface area contributed by atoms with Crippen molar-refractivity contribution in [2.75, 3.05) is 24.7 Å². The van der Waals surface area contributed by atoms with E-state index in [4.69, 9.17) is 10.5 Å². The van der Waals surface area contributed by atoms with Crippen molar-refractivity contribution >= 4 is 17.6 Å². The van der Waals surface area contributed by atoms with Gasteiger partial charge in [0.15, 0.2) is 5.82 Å². The second-order valence-electron chi connectivity index (χ2n) is 4.80. The smallest absolute Gasteiger partial charge is 0.345 e. The number of nitrogen functional groups attached to an aromatic ring is 1. The van der Waals surface area contributed by atoms with Gasteiger partial charge in [-0.15, -0.1) is 0 Å². The summed E-state index contributed by atoms with van der Waals surface area (Å²) < 4.78 is 6.55. The average Bonchev–Trinajstić information content (AvgIpc) is 2.77. The normalized spacial score (nSPS) is 10.8. The first-order valence-electron chi connectivity index (χ1n) is 7.30. The second kappa shape index (κ2) is 7.77. The fourth-order valence-electron chi connectivity index (χ4n) is 2.17. The molecule has 1 heterocycles. The summed E-state index contributed by atoms with van der Waals surface area (Å²) in [5.74, 6) is 0.456. The molecule has 0 aliphatic rings. The number of aromatic nitrogens is 2. The molecule has 0 fully saturated rings. The lowest BCUT2D eigenvalue weighted by atomic mass is 10.2. The highest BCUT2D eigenvalue weighted by Crippen LogP contribution is 2.28. The molecule has 0 atom stereocenters. The Kier molecular flexibility index (Phi) is 6.35. The molecule has 3 N–H and O–H groups in total. The molecule has 0 unspecified atom stereocenters. The predicted octanol–water partition coefficient (Wildman–Crippen LogP) is 2.83. The standard InChI is InChI=1S/C14H26N4O2/c1-5-8-9-16-13-11(14(19)20-4)12(15)18(17-13)10(6-2)7-3/h10H,5-9,15H2,1-4H3,(H,16,17). The van der Waals surface area contributed by atoms with Crippen molar-refractivity contribution in [1.29, 1.82) is 0 Å². The van der Waals surface area contributed by atoms with Crippen LogP contribution in [-0.4, -0.2) is 29.4 Å². The van der Waals surface area contributed by atoms with Crippen molar-refractivity contribution in [3.63, 3.8) is 0 Å². The number of rotatable bonds is 8. The van der Waals surface area contributed by atoms with Gasteiger partial charge < -0.3 is 15.8 Å². The van der Waals surface area contributed by atoms with E-state index in [2.05, 4.69) is 31.2 Å². The number of nitrogens with zero attached hydrogens (tertiary/aromatic N) is 2. The molecule has 1 aromatic heterocycles. The number of carbonyl (C=O) groups excluding carboxylic acids is 1. The lowest BCUT2D eigenvalue weighted by Crippen LogP contribution is -2.13. The van der Waals surface area contributed by atoms with Gasteiger partial charge in [0.2, 0.25) is 0 Å². The van der Waals surface area contributed by atoms with Crippen molar-refractivity contribution < 1.29 is 9.53 Å². The van der Waals surface area contributed by atoms with Crippen molar-refractivity contribution in [1.82, 2.24) is 9.78 Å². The number of nitrogens with one attached hydrogen (secondary N) is 1. The summed E-state index contributed by atoms with van der Waals surface area (Å²) >= 11 is 0. The number of hydrogen-bond donors (Lipinski definition) is 2. The number of carbonyl (C=O) groups is 1. The maximum absolute atomic E-state index is 11.9. The number of hydrogen-bond acceptors (Lipinski definition) is 5. The maximum atomic E-state index is 11.9. The van der Waals surface area contributed by atoms with E-state index >= 15 is 0 Å². The quantitative estimate of drug-likeness (QED) is 0.566. The first-order chi connectivity index (χ1) is 9.60. The lowest BCUT2D eigenvalue weighted by molar-refractivity contribution is 0.0603. The molecule has 1 aromatic rings. The van der Waals surface area contributed by atoms with Crippen LogP contribution in [0.5, 0.6) is 0 Å². The van der Waals surface area contributed by atoms with Crippen molar-refractivity contribution in [2.24, 2.45) is 0 Å². The van der Waals surface area contributed by atoms with Gasteiger partial charge in [-0.2, -0.15) is 5.10 Å². The molecule has 0 amide bonds. The molecule has 6 nitrogen and oxygen atoms in total. The van der Waals surface area contributed by atoms with E-state index in [1.165, 1.54) is 7.11 Å². The third kappa shape index (κ3) is 3.43. The van der Waals surface area contributed by atoms with Gasteiger partial charge in [-0.05, 0) is 19.3 Å². The Morgan fingerprint density at radius 3 is 2.55 bits per heavy atom. The van der Waals surface area contributed by atoms with Gasteiger partial charge >= 0.3 is 5.97 Å². The number of ether oxygens (including phenoxy) is 1. The van der Waals surface area contributed by atoms with Crippen LogP contribution < -0.4 is 11.1 Å². The largest absolute Gasteiger partial charge is 0.465 e. The topological polar surface area (TPSA) is 82.2 Å². The fraction of sp³-hybridized carbons (Fsp3) is 0.714. The van der Waals surface area contributed by atoms with Gasteiger partial charge in [0.25, 0.3) is 0 Å². The fourth-order valence-corrected chi connectivity index (χ4v) is 2.17. The van der Waals surface area contributed by atoms with E-state index < -0.39 is 5.97 Å². The third-order valence-electron chi connectivity index (χ3n) is 3.45. The molecule has 6 heteroatoms. The molecule has 0 saturated heterocycles. The number of methoxy groups -OCH3 is 1. The Bertz CT molecular complexity index is 439. The number of esters is 1. The second-order valence-corrected chi connectivity index (χ2v) is 4.80. The van der Waals surface area contributed by atoms with Crippen LogP contribution in [-0.2, 0) is 4.74 Å². The Morgan fingerprint density at radius 2 is 2.05 bits per heavy atom. The van der Waals surface area contributed by atoms with Gasteiger partial charge in [-0.1, -0.05) is 27.2 Å². The summed E-state index contributed by atoms with van der Waals surface area (Å²) in [6.07, 6.45) is 3.91. The number of unbranched alkanes of at least 4 members (excludes halogenated alkanes) is 1. The molecule has 114 valence electrons. The van der Waals surface area contributed by atoms with Gasteiger partial charge in [-0.25, -0.2) is 9.48 Å². The van der Waals surface area contributed by atoms with Crippen LogP contribution in [0.2, 0.25) is 0 Å². The van der Waals surface area contributed by atoms with E-state index in [1.54, 1.807) is 4.68 Å². The monoisotopic (exact) mass is 282 g/mol. The van der Waals surface area contributed by atoms with Crippen LogP contribution in [0.15, 0.2) is 0 Å². The van der Waals surface area contributed by atoms with Gasteiger partial charge in [0.1, 0.15) is 11.4 Å². The molecule has 0 aliphatic carbocycles. The van der Waals surface area contributed by atoms with E-state index in [0.717, 1.165) is 32.2 Å². The zero-order chi connectivity index (χ0) is 15.1. The zero-order valence-electron chi connectivity index (χ0n) is 12.9. The summed E-state index contributed by atoms with van der Waals surface area (Å²) in [4.78, 5) is 11.9. The van der Waals surface area contributed by atoms with E-state index in [9.17, 15) is 4.79 Å². The van der Waals surface area contributed by atoms with Crippen LogP contribution in [0.1, 0.15) is 62.9 Å². The highest BCUT2D eigenvalue weighted by Gasteiger charge is 2.25. The average molecular weight is 282 g/mol. The maximum Gasteiger partial charge on any atom is 0.345 e. The zero-order valence-corrected chi connectivity index (χ0v) is 12.9. The van der Waals surface area contributed by atoms with E-state index in [1.807, 2.05) is 0 Å². The SMILES string of the molecule is CCCCNc1nn(C(CC)CC)c(N)c1C(=O)OC. The summed E-state index contributed by atoms with van der Waals surface area (Å²) in [7, 11) is 1.35. The molecule has 1 rings (SSSR count). The van der Waals surface area contributed by atoms with Crippen LogP contribution in [0.4, 0.5) is 11.6 Å². The van der Waals surface area contributed by atoms with Gasteiger partial charge in [0, 0.05) is 6.54 Å². The van der Waals surface area contributed by atoms with Gasteiger partial charge in [0.05, 0.1) is 13.2 Å². The molecular weight excluding hydrogens is 256 g/mol. The van der Waals surface area contributed by atoms with Crippen LogP contribution in [0, 0.1) is 0 Å². The first-order valence-corrected chi connectivity index (χ1v) is 7.30. The summed E-state index contributed by atoms with van der Waals surface area (Å²) in [5.41, 5.74) is 6.44. The molecule has 20 heavy (non-hydrogen) atoms. The van der Waals surface area contributed by atoms with Crippen molar-refractivity contribution in [3.05, 3.63) is 5.56 Å². The minimum absolute atomic E-state index is 0.195. The predicted molar refractivity (Wildman–Crippen MR) is 81.0 cm³/mol. The molecular formula is C14H26N4O2. The first kappa shape index (κ1) is 16.3. The minimum atomic E-state index is -0.446. The summed E-state index contributed by atoms with van der Waals surface area (Å²) in [6.45, 7) is 7.04. The molecule has 0 saturated carbocycles.